The van der Waals surface area contributed by atoms with E-state index in [0.717, 1.165) is 0 Å². The van der Waals surface area contributed by atoms with Gasteiger partial charge in [0.2, 0.25) is 0 Å². The van der Waals surface area contributed by atoms with Crippen LogP contribution in [0, 0.1) is 0 Å². The zero-order valence-corrected chi connectivity index (χ0v) is 6.96. The van der Waals surface area contributed by atoms with Crippen molar-refractivity contribution in [1.82, 2.24) is 0 Å². The third kappa shape index (κ3) is 0.917. The van der Waals surface area contributed by atoms with Crippen LogP contribution in [0.15, 0.2) is 24.3 Å². The average Bonchev–Trinajstić information content (AvgIpc) is 2.30. The molecule has 0 radical (unpaired) electrons. The summed E-state index contributed by atoms with van der Waals surface area (Å²) in [6.45, 7) is 4.49. The topological polar surface area (TPSA) is 12.0 Å². The molecule has 0 aromatic heterocycles. The molecular formula is C10H13N. The smallest absolute Gasteiger partial charge is 0.0378 e. The molecule has 1 nitrogen and oxygen atoms in total. The van der Waals surface area contributed by atoms with E-state index in [0.29, 0.717) is 12.0 Å². The van der Waals surface area contributed by atoms with Crippen LogP contribution in [0.1, 0.15) is 25.3 Å². The predicted octanol–water partition coefficient (Wildman–Crippen LogP) is 2.60. The first-order valence-electron chi connectivity index (χ1n) is 4.14. The van der Waals surface area contributed by atoms with Crippen molar-refractivity contribution in [3.8, 4) is 0 Å². The minimum Gasteiger partial charge on any atom is -0.382 e. The summed E-state index contributed by atoms with van der Waals surface area (Å²) in [4.78, 5) is 0. The van der Waals surface area contributed by atoms with Gasteiger partial charge in [-0.3, -0.25) is 0 Å². The van der Waals surface area contributed by atoms with Crippen LogP contribution in [-0.2, 0) is 0 Å². The summed E-state index contributed by atoms with van der Waals surface area (Å²) in [6, 6.07) is 9.13. The molecule has 2 atom stereocenters. The monoisotopic (exact) mass is 147 g/mol. The zero-order chi connectivity index (χ0) is 7.84. The van der Waals surface area contributed by atoms with E-state index in [-0.39, 0.29) is 0 Å². The highest BCUT2D eigenvalue weighted by Gasteiger charge is 2.23. The van der Waals surface area contributed by atoms with Gasteiger partial charge in [0, 0.05) is 17.6 Å². The van der Waals surface area contributed by atoms with Crippen LogP contribution in [0.3, 0.4) is 0 Å². The zero-order valence-electron chi connectivity index (χ0n) is 6.96. The second-order valence-corrected chi connectivity index (χ2v) is 3.31. The van der Waals surface area contributed by atoms with Crippen LogP contribution in [0.4, 0.5) is 5.69 Å². The predicted molar refractivity (Wildman–Crippen MR) is 47.9 cm³/mol. The van der Waals surface area contributed by atoms with Crippen molar-refractivity contribution < 1.29 is 0 Å². The van der Waals surface area contributed by atoms with Crippen molar-refractivity contribution in [2.45, 2.75) is 25.8 Å². The van der Waals surface area contributed by atoms with Gasteiger partial charge in [0.15, 0.2) is 0 Å². The van der Waals surface area contributed by atoms with Crippen LogP contribution in [-0.4, -0.2) is 6.04 Å². The van der Waals surface area contributed by atoms with Crippen molar-refractivity contribution in [2.75, 3.05) is 5.32 Å². The number of hydrogen-bond donors (Lipinski definition) is 1. The summed E-state index contributed by atoms with van der Waals surface area (Å²) in [6.07, 6.45) is 0. The second-order valence-electron chi connectivity index (χ2n) is 3.31. The summed E-state index contributed by atoms with van der Waals surface area (Å²) >= 11 is 0. The van der Waals surface area contributed by atoms with Crippen LogP contribution in [0.5, 0.6) is 0 Å². The first-order valence-corrected chi connectivity index (χ1v) is 4.14. The first kappa shape index (κ1) is 6.71. The normalized spacial score (nSPS) is 27.8. The fourth-order valence-corrected chi connectivity index (χ4v) is 1.67. The molecular weight excluding hydrogens is 134 g/mol. The van der Waals surface area contributed by atoms with Gasteiger partial charge in [-0.05, 0) is 18.6 Å². The molecule has 1 N–H and O–H groups in total. The van der Waals surface area contributed by atoms with E-state index in [1.807, 2.05) is 0 Å². The van der Waals surface area contributed by atoms with Crippen LogP contribution < -0.4 is 5.32 Å². The van der Waals surface area contributed by atoms with Crippen LogP contribution in [0.25, 0.3) is 0 Å². The second kappa shape index (κ2) is 2.26. The fourth-order valence-electron chi connectivity index (χ4n) is 1.67. The van der Waals surface area contributed by atoms with E-state index in [2.05, 4.69) is 43.4 Å². The van der Waals surface area contributed by atoms with Gasteiger partial charge in [-0.25, -0.2) is 0 Å². The van der Waals surface area contributed by atoms with E-state index >= 15 is 0 Å². The molecule has 0 fully saturated rings. The maximum atomic E-state index is 3.45. The molecule has 0 aliphatic carbocycles. The largest absolute Gasteiger partial charge is 0.382 e. The van der Waals surface area contributed by atoms with Crippen LogP contribution in [0.2, 0.25) is 0 Å². The van der Waals surface area contributed by atoms with E-state index in [1.54, 1.807) is 0 Å². The van der Waals surface area contributed by atoms with Gasteiger partial charge >= 0.3 is 0 Å². The molecule has 1 aromatic carbocycles. The van der Waals surface area contributed by atoms with Crippen molar-refractivity contribution in [1.29, 1.82) is 0 Å². The Balaban J connectivity index is 2.47. The lowest BCUT2D eigenvalue weighted by Crippen LogP contribution is -2.12. The van der Waals surface area contributed by atoms with E-state index < -0.39 is 0 Å². The molecule has 0 saturated heterocycles. The van der Waals surface area contributed by atoms with Crippen molar-refractivity contribution >= 4 is 5.69 Å². The lowest BCUT2D eigenvalue weighted by Gasteiger charge is -2.08. The first-order chi connectivity index (χ1) is 5.29. The molecule has 2 rings (SSSR count). The molecule has 11 heavy (non-hydrogen) atoms. The van der Waals surface area contributed by atoms with Gasteiger partial charge in [-0.2, -0.15) is 0 Å². The summed E-state index contributed by atoms with van der Waals surface area (Å²) in [5.74, 6) is 0.659. The Bertz CT molecular complexity index is 267. The Morgan fingerprint density at radius 1 is 1.18 bits per heavy atom. The highest BCUT2D eigenvalue weighted by atomic mass is 15.0. The van der Waals surface area contributed by atoms with Crippen molar-refractivity contribution in [3.63, 3.8) is 0 Å². The number of nitrogens with one attached hydrogen (secondary N) is 1. The molecule has 1 aliphatic heterocycles. The third-order valence-corrected chi connectivity index (χ3v) is 2.58. The van der Waals surface area contributed by atoms with Crippen LogP contribution >= 0.6 is 0 Å². The van der Waals surface area contributed by atoms with Gasteiger partial charge in [0.1, 0.15) is 0 Å². The summed E-state index contributed by atoms with van der Waals surface area (Å²) in [5, 5.41) is 3.45. The number of para-hydroxylation sites is 1. The van der Waals surface area contributed by atoms with E-state index in [9.17, 15) is 0 Å². The SMILES string of the molecule is C[C@H]1Nc2ccccc2[C@@H]1C. The van der Waals surface area contributed by atoms with Crippen molar-refractivity contribution in [2.24, 2.45) is 0 Å². The Morgan fingerprint density at radius 3 is 2.64 bits per heavy atom. The van der Waals surface area contributed by atoms with E-state index in [4.69, 9.17) is 0 Å². The molecule has 58 valence electrons. The summed E-state index contributed by atoms with van der Waals surface area (Å²) < 4.78 is 0. The fraction of sp³-hybridized carbons (Fsp3) is 0.400. The molecule has 1 heteroatoms. The quantitative estimate of drug-likeness (QED) is 0.594. The maximum absolute atomic E-state index is 3.45. The lowest BCUT2D eigenvalue weighted by atomic mass is 9.99. The Labute approximate surface area is 67.4 Å². The number of rotatable bonds is 0. The molecule has 0 unspecified atom stereocenters. The highest BCUT2D eigenvalue weighted by Crippen LogP contribution is 2.34. The minimum atomic E-state index is 0.590. The molecule has 1 aromatic rings. The van der Waals surface area contributed by atoms with Crippen molar-refractivity contribution in [3.05, 3.63) is 29.8 Å². The van der Waals surface area contributed by atoms with E-state index in [1.165, 1.54) is 11.3 Å². The van der Waals surface area contributed by atoms with Gasteiger partial charge in [-0.15, -0.1) is 0 Å². The highest BCUT2D eigenvalue weighted by molar-refractivity contribution is 5.58. The number of benzene rings is 1. The number of anilines is 1. The Morgan fingerprint density at radius 2 is 1.91 bits per heavy atom. The van der Waals surface area contributed by atoms with Gasteiger partial charge < -0.3 is 5.32 Å². The standard InChI is InChI=1S/C10H13N/c1-7-8(2)11-10-6-4-3-5-9(7)10/h3-8,11H,1-2H3/t7-,8-/m1/s1. The number of hydrogen-bond acceptors (Lipinski definition) is 1. The lowest BCUT2D eigenvalue weighted by molar-refractivity contribution is 0.690. The Hall–Kier alpha value is -0.980. The van der Waals surface area contributed by atoms with Gasteiger partial charge in [0.05, 0.1) is 0 Å². The molecule has 0 bridgehead atoms. The summed E-state index contributed by atoms with van der Waals surface area (Å²) in [7, 11) is 0. The molecule has 1 heterocycles. The third-order valence-electron chi connectivity index (χ3n) is 2.58. The van der Waals surface area contributed by atoms with Gasteiger partial charge in [-0.1, -0.05) is 25.1 Å². The summed E-state index contributed by atoms with van der Waals surface area (Å²) in [5.41, 5.74) is 2.77. The maximum Gasteiger partial charge on any atom is 0.0378 e. The average molecular weight is 147 g/mol. The minimum absolute atomic E-state index is 0.590. The molecule has 1 aliphatic rings. The molecule has 0 saturated carbocycles. The molecule has 0 amide bonds. The van der Waals surface area contributed by atoms with Gasteiger partial charge in [0.25, 0.3) is 0 Å². The molecule has 0 spiro atoms. The Kier molecular flexibility index (Phi) is 1.38. The number of fused-ring (bicyclic) bond motifs is 1.